The van der Waals surface area contributed by atoms with Gasteiger partial charge in [0.1, 0.15) is 23.0 Å². The number of aliphatic hydroxyl groups excluding tert-OH is 4. The molecule has 8 aromatic rings. The van der Waals surface area contributed by atoms with Gasteiger partial charge in [-0.05, 0) is 242 Å². The van der Waals surface area contributed by atoms with Gasteiger partial charge < -0.3 is 58.3 Å². The fourth-order valence-electron chi connectivity index (χ4n) is 16.9. The zero-order chi connectivity index (χ0) is 95.8. The van der Waals surface area contributed by atoms with E-state index < -0.39 is 88.4 Å². The molecule has 0 amide bonds. The first-order valence-corrected chi connectivity index (χ1v) is 49.5. The van der Waals surface area contributed by atoms with Gasteiger partial charge in [0.2, 0.25) is 0 Å². The minimum Gasteiger partial charge on any atom is -0.493 e. The number of benzene rings is 8. The number of aliphatic hydroxyl groups is 4. The Bertz CT molecular complexity index is 5930. The van der Waals surface area contributed by atoms with E-state index in [4.69, 9.17) is 48.9 Å². The van der Waals surface area contributed by atoms with Crippen LogP contribution in [0.3, 0.4) is 0 Å². The van der Waals surface area contributed by atoms with Crippen LogP contribution in [0, 0.1) is 23.7 Å². The maximum absolute atomic E-state index is 13.7. The normalized spacial score (nSPS) is 20.5. The van der Waals surface area contributed by atoms with Gasteiger partial charge in [-0.15, -0.1) is 0 Å². The highest BCUT2D eigenvalue weighted by atomic mass is 32.2. The van der Waals surface area contributed by atoms with Crippen LogP contribution in [0.15, 0.2) is 165 Å². The second kappa shape index (κ2) is 42.3. The predicted molar refractivity (Wildman–Crippen MR) is 485 cm³/mol. The van der Waals surface area contributed by atoms with Crippen LogP contribution in [0.1, 0.15) is 221 Å². The van der Waals surface area contributed by atoms with Crippen molar-refractivity contribution < 1.29 is 103 Å². The molecule has 0 spiro atoms. The van der Waals surface area contributed by atoms with Crippen molar-refractivity contribution in [3.05, 3.63) is 212 Å². The molecule has 4 atom stereocenters. The number of ether oxygens (including phenoxy) is 8. The summed E-state index contributed by atoms with van der Waals surface area (Å²) in [6, 6.07) is 33.0. The van der Waals surface area contributed by atoms with E-state index in [1.165, 1.54) is 41.5 Å². The number of rotatable bonds is 28. The van der Waals surface area contributed by atoms with Crippen LogP contribution in [0.2, 0.25) is 0 Å². The molecule has 4 unspecified atom stereocenters. The van der Waals surface area contributed by atoms with Crippen LogP contribution in [0.4, 0.5) is 22.7 Å². The molecule has 0 aliphatic carbocycles. The van der Waals surface area contributed by atoms with Gasteiger partial charge in [0.05, 0.1) is 101 Å². The first kappa shape index (κ1) is 83.5. The lowest BCUT2D eigenvalue weighted by molar-refractivity contribution is 0.0493. The average Bonchev–Trinajstić information content (AvgIpc) is 1.59. The Hall–Kier alpha value is -8.36. The summed E-state index contributed by atoms with van der Waals surface area (Å²) in [6.45, 7) is 19.6. The molecule has 0 saturated carbocycles. The maximum Gasteiger partial charge on any atom is 0.264 e. The van der Waals surface area contributed by atoms with Crippen LogP contribution >= 0.6 is 0 Å². The molecule has 4 fully saturated rings. The number of fused-ring (bicyclic) bond motifs is 4. The van der Waals surface area contributed by atoms with E-state index in [-0.39, 0.29) is 89.2 Å². The van der Waals surface area contributed by atoms with Gasteiger partial charge in [-0.3, -0.25) is 17.2 Å². The quantitative estimate of drug-likeness (QED) is 0.0354. The van der Waals surface area contributed by atoms with Gasteiger partial charge >= 0.3 is 0 Å². The minimum atomic E-state index is -4.32. The topological polar surface area (TPSA) is 304 Å². The van der Waals surface area contributed by atoms with E-state index in [0.29, 0.717) is 145 Å². The third-order valence-corrected chi connectivity index (χ3v) is 31.8. The molecule has 125 heavy (non-hydrogen) atoms. The van der Waals surface area contributed by atoms with Gasteiger partial charge in [0, 0.05) is 130 Å². The van der Waals surface area contributed by atoms with Crippen LogP contribution < -0.4 is 36.2 Å². The Morgan fingerprint density at radius 1 is 0.376 bits per heavy atom. The summed E-state index contributed by atoms with van der Waals surface area (Å²) in [6.07, 6.45) is 9.43. The predicted octanol–water partition coefficient (Wildman–Crippen LogP) is 16.0. The van der Waals surface area contributed by atoms with Crippen molar-refractivity contribution in [2.24, 2.45) is 23.7 Å². The third kappa shape index (κ3) is 21.8. The molecule has 4 N–H and O–H groups in total. The van der Waals surface area contributed by atoms with Gasteiger partial charge in [-0.2, -0.15) is 0 Å². The van der Waals surface area contributed by atoms with Crippen molar-refractivity contribution >= 4 is 62.8 Å². The van der Waals surface area contributed by atoms with Gasteiger partial charge in [0.15, 0.2) is 0 Å². The highest BCUT2D eigenvalue weighted by molar-refractivity contribution is 7.93. The molecule has 4 saturated heterocycles. The van der Waals surface area contributed by atoms with E-state index in [2.05, 4.69) is 0 Å². The third-order valence-electron chi connectivity index (χ3n) is 24.8. The molecule has 8 aliphatic heterocycles. The molecule has 678 valence electrons. The number of hydrogen-bond donors (Lipinski definition) is 4. The second-order valence-electron chi connectivity index (χ2n) is 33.7. The summed E-state index contributed by atoms with van der Waals surface area (Å²) in [5.41, 5.74) is 10.4. The van der Waals surface area contributed by atoms with Crippen molar-refractivity contribution in [2.75, 3.05) is 123 Å². The van der Waals surface area contributed by atoms with Crippen LogP contribution in [0.25, 0.3) is 0 Å². The Labute approximate surface area is 751 Å². The standard InChI is InChI=1S/C25H33NO5S.3C24H31NO5S/c1-17(2)20-4-6-24-23(13-20)18(3)14-26(24)32(28,29)22-5-7-25(21(12-22)15-27)31-16-19-8-10-30-11-9-19;3*1-3-18-4-6-23-22(12-18)17(2)14-25(23)31(27,28)21-5-7-24(20(13-21)15-26)30-16-19-8-10-29-11-9-19/h4-7,12-13,17-19,27H,8-11,14-16H2,1-3H3;3*4-7,12-13,17,19,26H,3,8-11,14-16H2,1-2H3/i17D;5D,7D,13D;12D;2D3. The fourth-order valence-corrected chi connectivity index (χ4v) is 23.2. The summed E-state index contributed by atoms with van der Waals surface area (Å²) < 4.78 is 225. The van der Waals surface area contributed by atoms with E-state index in [9.17, 15) is 54.1 Å². The number of nitrogens with zero attached hydrogens (tertiary/aromatic N) is 4. The van der Waals surface area contributed by atoms with Gasteiger partial charge in [-0.1, -0.05) is 111 Å². The average molecular weight is 1800 g/mol. The van der Waals surface area contributed by atoms with E-state index in [1.807, 2.05) is 97.9 Å². The van der Waals surface area contributed by atoms with Crippen molar-refractivity contribution in [3.63, 3.8) is 0 Å². The largest absolute Gasteiger partial charge is 0.493 e. The van der Waals surface area contributed by atoms with Crippen molar-refractivity contribution in [2.45, 2.75) is 208 Å². The van der Waals surface area contributed by atoms with Crippen LogP contribution in [0.5, 0.6) is 23.0 Å². The number of sulfonamides is 4. The first-order valence-electron chi connectivity index (χ1n) is 47.7. The second-order valence-corrected chi connectivity index (χ2v) is 41.1. The van der Waals surface area contributed by atoms with E-state index in [0.717, 1.165) is 136 Å². The summed E-state index contributed by atoms with van der Waals surface area (Å²) in [4.78, 5) is -0.327. The Kier molecular flexibility index (Phi) is 28.2. The van der Waals surface area contributed by atoms with Crippen LogP contribution in [-0.2, 0) is 105 Å². The molecule has 0 aromatic heterocycles. The molecular weight excluding hydrogens is 1670 g/mol. The molecule has 28 heteroatoms. The van der Waals surface area contributed by atoms with E-state index in [1.54, 1.807) is 54.6 Å². The summed E-state index contributed by atoms with van der Waals surface area (Å²) in [5, 5.41) is 39.6. The summed E-state index contributed by atoms with van der Waals surface area (Å²) >= 11 is 0. The lowest BCUT2D eigenvalue weighted by Crippen LogP contribution is -2.29. The molecule has 24 nitrogen and oxygen atoms in total. The summed E-state index contributed by atoms with van der Waals surface area (Å²) in [5.74, 6) is 0.993. The zero-order valence-electron chi connectivity index (χ0n) is 80.8. The molecule has 8 aliphatic rings. The smallest absolute Gasteiger partial charge is 0.264 e. The molecule has 0 bridgehead atoms. The molecule has 16 rings (SSSR count). The van der Waals surface area contributed by atoms with E-state index >= 15 is 0 Å². The van der Waals surface area contributed by atoms with Gasteiger partial charge in [0.25, 0.3) is 40.1 Å². The lowest BCUT2D eigenvalue weighted by Gasteiger charge is -2.23. The minimum absolute atomic E-state index is 0.00771. The maximum atomic E-state index is 13.7. The summed E-state index contributed by atoms with van der Waals surface area (Å²) in [7, 11) is -16.0. The Morgan fingerprint density at radius 2 is 0.688 bits per heavy atom. The lowest BCUT2D eigenvalue weighted by atomic mass is 9.96. The number of anilines is 4. The zero-order valence-corrected chi connectivity index (χ0v) is 76.1. The van der Waals surface area contributed by atoms with Gasteiger partial charge in [-0.25, -0.2) is 33.7 Å². The molecule has 0 radical (unpaired) electrons. The number of aryl methyl sites for hydroxylation is 3. The monoisotopic (exact) mass is 1800 g/mol. The Balaban J connectivity index is 0.000000151. The van der Waals surface area contributed by atoms with Crippen molar-refractivity contribution in [3.8, 4) is 23.0 Å². The molecule has 8 heterocycles. The fraction of sp³-hybridized carbons (Fsp3) is 0.505. The van der Waals surface area contributed by atoms with Crippen molar-refractivity contribution in [1.29, 1.82) is 0 Å². The van der Waals surface area contributed by atoms with Crippen LogP contribution in [-0.4, -0.2) is 160 Å². The molecule has 8 aromatic carbocycles. The highest BCUT2D eigenvalue weighted by Gasteiger charge is 2.41. The molecular formula is C97H126N4O20S4. The first-order chi connectivity index (χ1) is 63.3. The SMILES string of the molecule is [2H]C(C)(C)c1ccc2c(c1)C(C)CN2S(=O)(=O)c1ccc(OCC2CCOCC2)c(CO)c1.[2H]C([2H])([2H])C1CN(S(=O)(=O)c2ccc(OCC3CCOCC3)c(CO)c2)c2ccc(CC)cc21.[2H]c1c(CC)ccc2c1C(C)CN2S(=O)(=O)c1ccc(OCC2CCOCC2)c(CO)c1.[2H]c1c([2H])c(S(=O)(=O)N2CC(C)c3cc(CC)ccc32)c([2H])c(CO)c1OCC1CCOCC1. The van der Waals surface area contributed by atoms with Crippen molar-refractivity contribution in [1.82, 2.24) is 0 Å². The Morgan fingerprint density at radius 3 is 1.04 bits per heavy atom. The highest BCUT2D eigenvalue weighted by Crippen LogP contribution is 2.46. The number of hydrogen-bond acceptors (Lipinski definition) is 20.